The Balaban J connectivity index is 1.42. The molecule has 0 aliphatic heterocycles. The van der Waals surface area contributed by atoms with Crippen LogP contribution < -0.4 is 19.5 Å². The SMILES string of the molecule is COc1ccc(-c2nnc3ccc(OCCNC(=O)Cc4cccs4)nn23)cc1OC. The number of carbonyl (C=O) groups is 1. The lowest BCUT2D eigenvalue weighted by molar-refractivity contribution is -0.120. The molecule has 31 heavy (non-hydrogen) atoms. The van der Waals surface area contributed by atoms with E-state index >= 15 is 0 Å². The normalized spacial score (nSPS) is 10.8. The van der Waals surface area contributed by atoms with Gasteiger partial charge in [-0.3, -0.25) is 4.79 Å². The fourth-order valence-electron chi connectivity index (χ4n) is 2.98. The molecule has 10 heteroatoms. The number of benzene rings is 1. The van der Waals surface area contributed by atoms with Gasteiger partial charge < -0.3 is 19.5 Å². The van der Waals surface area contributed by atoms with Gasteiger partial charge in [0.25, 0.3) is 0 Å². The highest BCUT2D eigenvalue weighted by Crippen LogP contribution is 2.31. The molecule has 1 amide bonds. The number of hydrogen-bond acceptors (Lipinski definition) is 8. The van der Waals surface area contributed by atoms with Crippen molar-refractivity contribution < 1.29 is 19.0 Å². The van der Waals surface area contributed by atoms with Crippen LogP contribution in [0.25, 0.3) is 17.0 Å². The van der Waals surface area contributed by atoms with Crippen LogP contribution in [0.2, 0.25) is 0 Å². The second-order valence-electron chi connectivity index (χ2n) is 6.49. The minimum Gasteiger partial charge on any atom is -0.493 e. The van der Waals surface area contributed by atoms with Gasteiger partial charge in [-0.2, -0.15) is 4.52 Å². The zero-order chi connectivity index (χ0) is 21.6. The minimum atomic E-state index is -0.0380. The Hall–Kier alpha value is -3.66. The third-order valence-corrected chi connectivity index (χ3v) is 5.35. The summed E-state index contributed by atoms with van der Waals surface area (Å²) in [6, 6.07) is 12.8. The van der Waals surface area contributed by atoms with E-state index in [4.69, 9.17) is 14.2 Å². The van der Waals surface area contributed by atoms with Gasteiger partial charge in [-0.05, 0) is 35.7 Å². The van der Waals surface area contributed by atoms with Crippen molar-refractivity contribution in [1.29, 1.82) is 0 Å². The third-order valence-electron chi connectivity index (χ3n) is 4.47. The Morgan fingerprint density at radius 2 is 1.97 bits per heavy atom. The minimum absolute atomic E-state index is 0.0380. The molecule has 0 unspecified atom stereocenters. The van der Waals surface area contributed by atoms with Gasteiger partial charge in [0.1, 0.15) is 6.61 Å². The Kier molecular flexibility index (Phi) is 6.27. The smallest absolute Gasteiger partial charge is 0.231 e. The summed E-state index contributed by atoms with van der Waals surface area (Å²) in [7, 11) is 3.16. The first kappa shape index (κ1) is 20.6. The summed E-state index contributed by atoms with van der Waals surface area (Å²) >= 11 is 1.56. The molecule has 1 N–H and O–H groups in total. The highest BCUT2D eigenvalue weighted by Gasteiger charge is 2.13. The lowest BCUT2D eigenvalue weighted by Gasteiger charge is -2.09. The van der Waals surface area contributed by atoms with Crippen molar-refractivity contribution in [2.24, 2.45) is 0 Å². The topological polar surface area (TPSA) is 99.9 Å². The highest BCUT2D eigenvalue weighted by atomic mass is 32.1. The van der Waals surface area contributed by atoms with E-state index < -0.39 is 0 Å². The number of rotatable bonds is 9. The van der Waals surface area contributed by atoms with Crippen molar-refractivity contribution >= 4 is 22.9 Å². The van der Waals surface area contributed by atoms with Crippen molar-refractivity contribution in [2.45, 2.75) is 6.42 Å². The molecular formula is C21H21N5O4S. The van der Waals surface area contributed by atoms with Gasteiger partial charge in [-0.1, -0.05) is 6.07 Å². The number of aromatic nitrogens is 4. The van der Waals surface area contributed by atoms with E-state index in [-0.39, 0.29) is 5.91 Å². The first-order chi connectivity index (χ1) is 15.2. The zero-order valence-electron chi connectivity index (χ0n) is 17.1. The van der Waals surface area contributed by atoms with Crippen LogP contribution in [0.1, 0.15) is 4.88 Å². The van der Waals surface area contributed by atoms with Crippen LogP contribution in [0.5, 0.6) is 17.4 Å². The molecule has 1 aromatic carbocycles. The first-order valence-corrected chi connectivity index (χ1v) is 10.4. The Morgan fingerprint density at radius 3 is 2.74 bits per heavy atom. The number of fused-ring (bicyclic) bond motifs is 1. The molecule has 4 aromatic rings. The largest absolute Gasteiger partial charge is 0.493 e. The number of amides is 1. The fraction of sp³-hybridized carbons (Fsp3) is 0.238. The van der Waals surface area contributed by atoms with Gasteiger partial charge in [0.2, 0.25) is 11.8 Å². The first-order valence-electron chi connectivity index (χ1n) is 9.54. The third kappa shape index (κ3) is 4.75. The van der Waals surface area contributed by atoms with Gasteiger partial charge in [-0.25, -0.2) is 0 Å². The van der Waals surface area contributed by atoms with E-state index in [0.29, 0.717) is 48.4 Å². The highest BCUT2D eigenvalue weighted by molar-refractivity contribution is 7.10. The number of nitrogens with zero attached hydrogens (tertiary/aromatic N) is 4. The van der Waals surface area contributed by atoms with Gasteiger partial charge in [0.05, 0.1) is 27.2 Å². The molecule has 0 saturated carbocycles. The van der Waals surface area contributed by atoms with Crippen LogP contribution in [-0.4, -0.2) is 53.1 Å². The zero-order valence-corrected chi connectivity index (χ0v) is 17.9. The number of carbonyl (C=O) groups excluding carboxylic acids is 1. The molecule has 0 aliphatic rings. The predicted octanol–water partition coefficient (Wildman–Crippen LogP) is 2.61. The van der Waals surface area contributed by atoms with Crippen LogP contribution in [-0.2, 0) is 11.2 Å². The van der Waals surface area contributed by atoms with Crippen LogP contribution in [0.3, 0.4) is 0 Å². The number of hydrogen-bond donors (Lipinski definition) is 1. The number of thiophene rings is 1. The van der Waals surface area contributed by atoms with Gasteiger partial charge >= 0.3 is 0 Å². The van der Waals surface area contributed by atoms with Crippen LogP contribution in [0.4, 0.5) is 0 Å². The summed E-state index contributed by atoms with van der Waals surface area (Å²) in [6.07, 6.45) is 0.372. The van der Waals surface area contributed by atoms with E-state index in [0.717, 1.165) is 10.4 Å². The maximum absolute atomic E-state index is 11.9. The molecule has 0 bridgehead atoms. The van der Waals surface area contributed by atoms with Gasteiger partial charge in [-0.15, -0.1) is 26.6 Å². The molecule has 3 aromatic heterocycles. The van der Waals surface area contributed by atoms with Crippen molar-refractivity contribution in [3.63, 3.8) is 0 Å². The summed E-state index contributed by atoms with van der Waals surface area (Å²) < 4.78 is 18.0. The molecule has 160 valence electrons. The van der Waals surface area contributed by atoms with Gasteiger partial charge in [0.15, 0.2) is 23.0 Å². The Labute approximate surface area is 182 Å². The van der Waals surface area contributed by atoms with Crippen molar-refractivity contribution in [3.05, 3.63) is 52.7 Å². The molecule has 3 heterocycles. The average molecular weight is 439 g/mol. The summed E-state index contributed by atoms with van der Waals surface area (Å²) in [4.78, 5) is 13.0. The molecule has 0 spiro atoms. The monoisotopic (exact) mass is 439 g/mol. The number of nitrogens with one attached hydrogen (secondary N) is 1. The molecule has 0 fully saturated rings. The number of ether oxygens (including phenoxy) is 3. The lowest BCUT2D eigenvalue weighted by Crippen LogP contribution is -2.29. The van der Waals surface area contributed by atoms with Crippen molar-refractivity contribution in [1.82, 2.24) is 25.1 Å². The Bertz CT molecular complexity index is 1180. The predicted molar refractivity (Wildman–Crippen MR) is 116 cm³/mol. The van der Waals surface area contributed by atoms with Crippen LogP contribution in [0, 0.1) is 0 Å². The van der Waals surface area contributed by atoms with E-state index in [1.165, 1.54) is 0 Å². The molecule has 0 radical (unpaired) electrons. The maximum Gasteiger partial charge on any atom is 0.231 e. The summed E-state index contributed by atoms with van der Waals surface area (Å²) in [5, 5.41) is 17.7. The molecule has 0 saturated heterocycles. The molecule has 9 nitrogen and oxygen atoms in total. The quantitative estimate of drug-likeness (QED) is 0.400. The summed E-state index contributed by atoms with van der Waals surface area (Å²) in [6.45, 7) is 0.678. The van der Waals surface area contributed by atoms with E-state index in [1.807, 2.05) is 29.6 Å². The van der Waals surface area contributed by atoms with E-state index in [1.54, 1.807) is 48.3 Å². The van der Waals surface area contributed by atoms with Gasteiger partial charge in [0, 0.05) is 16.5 Å². The average Bonchev–Trinajstić information content (AvgIpc) is 3.45. The lowest BCUT2D eigenvalue weighted by atomic mass is 10.2. The van der Waals surface area contributed by atoms with E-state index in [2.05, 4.69) is 20.6 Å². The second-order valence-corrected chi connectivity index (χ2v) is 7.52. The van der Waals surface area contributed by atoms with Crippen LogP contribution in [0.15, 0.2) is 47.8 Å². The Morgan fingerprint density at radius 1 is 1.10 bits per heavy atom. The number of methoxy groups -OCH3 is 2. The second kappa shape index (κ2) is 9.43. The molecule has 4 rings (SSSR count). The summed E-state index contributed by atoms with van der Waals surface area (Å²) in [5.41, 5.74) is 1.36. The van der Waals surface area contributed by atoms with Crippen molar-refractivity contribution in [2.75, 3.05) is 27.4 Å². The fourth-order valence-corrected chi connectivity index (χ4v) is 3.69. The molecular weight excluding hydrogens is 418 g/mol. The molecule has 0 aliphatic carbocycles. The summed E-state index contributed by atoms with van der Waals surface area (Å²) in [5.74, 6) is 2.12. The van der Waals surface area contributed by atoms with Crippen molar-refractivity contribution in [3.8, 4) is 28.8 Å². The molecule has 0 atom stereocenters. The standard InChI is InChI=1S/C21H21N5O4S/c1-28-16-6-5-14(12-17(16)29-2)21-24-23-18-7-8-20(25-26(18)21)30-10-9-22-19(27)13-15-4-3-11-31-15/h3-8,11-12H,9-10,13H2,1-2H3,(H,22,27). The van der Waals surface area contributed by atoms with Crippen LogP contribution >= 0.6 is 11.3 Å². The maximum atomic E-state index is 11.9. The van der Waals surface area contributed by atoms with E-state index in [9.17, 15) is 4.79 Å².